The maximum Gasteiger partial charge on any atom is 0.0181 e. The molecule has 0 nitrogen and oxygen atoms in total. The molecule has 0 atom stereocenters. The minimum absolute atomic E-state index is 0.694. The molecule has 11 rings (SSSR count). The standard InChI is InChI=1S/C66H94BrP/c67-57-45-62(53-37-21-7-22-38-53)66(63(46-57)54-39-23-8-24-40-54)68(64-58(49-29-13-3-14-30-49)41-55(47-25-9-1-10-26-47)42-59(64)50-31-15-4-16-32-50)65-60(51-33-17-5-18-34-51)43-56(48-27-11-2-12-28-48)44-61(65)52-35-19-6-20-36-52/h41-54H,1-40H2. The molecule has 3 aromatic carbocycles. The van der Waals surface area contributed by atoms with Gasteiger partial charge < -0.3 is 0 Å². The molecular formula is C66H94BrP. The van der Waals surface area contributed by atoms with Gasteiger partial charge in [-0.3, -0.25) is 0 Å². The maximum absolute atomic E-state index is 4.36. The van der Waals surface area contributed by atoms with Gasteiger partial charge in [-0.15, -0.1) is 0 Å². The monoisotopic (exact) mass is 997 g/mol. The summed E-state index contributed by atoms with van der Waals surface area (Å²) in [6, 6.07) is 17.7. The highest BCUT2D eigenvalue weighted by Gasteiger charge is 2.41. The Labute approximate surface area is 426 Å². The van der Waals surface area contributed by atoms with Crippen LogP contribution in [0, 0.1) is 0 Å². The van der Waals surface area contributed by atoms with Gasteiger partial charge in [-0.2, -0.15) is 0 Å². The maximum atomic E-state index is 4.36. The van der Waals surface area contributed by atoms with Gasteiger partial charge in [0.05, 0.1) is 0 Å². The highest BCUT2D eigenvalue weighted by Crippen LogP contribution is 2.55. The van der Waals surface area contributed by atoms with Gasteiger partial charge in [-0.05, 0) is 231 Å². The van der Waals surface area contributed by atoms with Crippen LogP contribution >= 0.6 is 23.9 Å². The second kappa shape index (κ2) is 23.6. The molecule has 0 unspecified atom stereocenters. The first-order valence-electron chi connectivity index (χ1n) is 30.7. The lowest BCUT2D eigenvalue weighted by Gasteiger charge is -2.42. The predicted molar refractivity (Wildman–Crippen MR) is 299 cm³/mol. The zero-order chi connectivity index (χ0) is 45.7. The van der Waals surface area contributed by atoms with Gasteiger partial charge in [0.15, 0.2) is 0 Å². The first-order chi connectivity index (χ1) is 33.7. The van der Waals surface area contributed by atoms with Gasteiger partial charge in [0, 0.05) is 4.47 Å². The van der Waals surface area contributed by atoms with E-state index in [1.54, 1.807) is 11.1 Å². The Morgan fingerprint density at radius 1 is 0.235 bits per heavy atom. The normalized spacial score (nSPS) is 24.8. The quantitative estimate of drug-likeness (QED) is 0.168. The Morgan fingerprint density at radius 3 is 0.618 bits per heavy atom. The smallest absolute Gasteiger partial charge is 0.0181 e. The summed E-state index contributed by atoms with van der Waals surface area (Å²) in [6.45, 7) is 0. The average Bonchev–Trinajstić information content (AvgIpc) is 3.43. The Balaban J connectivity index is 1.28. The summed E-state index contributed by atoms with van der Waals surface area (Å²) >= 11 is 4.36. The summed E-state index contributed by atoms with van der Waals surface area (Å²) < 4.78 is 1.40. The molecule has 8 saturated carbocycles. The van der Waals surface area contributed by atoms with Crippen molar-refractivity contribution < 1.29 is 0 Å². The molecule has 8 fully saturated rings. The van der Waals surface area contributed by atoms with Crippen molar-refractivity contribution >= 4 is 39.8 Å². The molecule has 8 aliphatic rings. The van der Waals surface area contributed by atoms with E-state index in [0.717, 1.165) is 35.5 Å². The fourth-order valence-corrected chi connectivity index (χ4v) is 21.0. The summed E-state index contributed by atoms with van der Waals surface area (Å²) in [5.41, 5.74) is 15.0. The van der Waals surface area contributed by atoms with E-state index in [0.29, 0.717) is 11.8 Å². The SMILES string of the molecule is Brc1cc(C2CCCCC2)c(P(c2c(C3CCCCC3)cc(C3CCCCC3)cc2C2CCCCC2)c2c(C3CCCCC3)cc(C3CCCCC3)cc2C2CCCCC2)c(C2CCCCC2)c1. The minimum atomic E-state index is -0.812. The highest BCUT2D eigenvalue weighted by atomic mass is 79.9. The molecule has 2 heteroatoms. The number of hydrogen-bond acceptors (Lipinski definition) is 0. The molecule has 3 aromatic rings. The highest BCUT2D eigenvalue weighted by molar-refractivity contribution is 9.10. The number of benzene rings is 3. The zero-order valence-electron chi connectivity index (χ0n) is 43.2. The van der Waals surface area contributed by atoms with Crippen LogP contribution < -0.4 is 15.9 Å². The zero-order valence-corrected chi connectivity index (χ0v) is 45.7. The van der Waals surface area contributed by atoms with Gasteiger partial charge in [-0.1, -0.05) is 194 Å². The fourth-order valence-electron chi connectivity index (χ4n) is 16.9. The second-order valence-corrected chi connectivity index (χ2v) is 28.0. The van der Waals surface area contributed by atoms with Crippen LogP contribution in [-0.4, -0.2) is 0 Å². The Bertz CT molecular complexity index is 1860. The van der Waals surface area contributed by atoms with Crippen LogP contribution in [0.15, 0.2) is 40.9 Å². The lowest BCUT2D eigenvalue weighted by Crippen LogP contribution is -2.38. The molecule has 0 heterocycles. The first kappa shape index (κ1) is 48.8. The Morgan fingerprint density at radius 2 is 0.412 bits per heavy atom. The van der Waals surface area contributed by atoms with Crippen molar-refractivity contribution in [3.63, 3.8) is 0 Å². The van der Waals surface area contributed by atoms with Crippen molar-refractivity contribution in [1.82, 2.24) is 0 Å². The molecule has 68 heavy (non-hydrogen) atoms. The van der Waals surface area contributed by atoms with Crippen LogP contribution in [0.2, 0.25) is 0 Å². The van der Waals surface area contributed by atoms with E-state index in [1.165, 1.54) is 261 Å². The van der Waals surface area contributed by atoms with E-state index in [1.807, 2.05) is 49.3 Å². The van der Waals surface area contributed by atoms with E-state index < -0.39 is 7.92 Å². The molecule has 0 amide bonds. The van der Waals surface area contributed by atoms with Gasteiger partial charge in [0.25, 0.3) is 0 Å². The molecule has 0 saturated heterocycles. The molecule has 0 spiro atoms. The number of halogens is 1. The molecule has 8 aliphatic carbocycles. The molecule has 370 valence electrons. The van der Waals surface area contributed by atoms with Gasteiger partial charge in [0.1, 0.15) is 0 Å². The second-order valence-electron chi connectivity index (χ2n) is 25.0. The van der Waals surface area contributed by atoms with Crippen LogP contribution in [0.1, 0.15) is 349 Å². The summed E-state index contributed by atoms with van der Waals surface area (Å²) in [4.78, 5) is 0. The Kier molecular flexibility index (Phi) is 17.0. The summed E-state index contributed by atoms with van der Waals surface area (Å²) in [5, 5.41) is 5.95. The number of rotatable bonds is 11. The van der Waals surface area contributed by atoms with Gasteiger partial charge in [0.2, 0.25) is 0 Å². The topological polar surface area (TPSA) is 0 Å². The van der Waals surface area contributed by atoms with Crippen molar-refractivity contribution in [2.24, 2.45) is 0 Å². The third-order valence-corrected chi connectivity index (χ3v) is 24.0. The lowest BCUT2D eigenvalue weighted by atomic mass is 9.76. The van der Waals surface area contributed by atoms with Crippen LogP contribution in [0.4, 0.5) is 0 Å². The van der Waals surface area contributed by atoms with E-state index in [4.69, 9.17) is 0 Å². The average molecular weight is 998 g/mol. The van der Waals surface area contributed by atoms with Crippen molar-refractivity contribution in [3.05, 3.63) is 85.4 Å². The van der Waals surface area contributed by atoms with Crippen molar-refractivity contribution in [2.75, 3.05) is 0 Å². The number of hydrogen-bond donors (Lipinski definition) is 0. The molecule has 0 aromatic heterocycles. The third kappa shape index (κ3) is 10.9. The molecule has 0 radical (unpaired) electrons. The fraction of sp³-hybridized carbons (Fsp3) is 0.727. The van der Waals surface area contributed by atoms with Crippen LogP contribution in [-0.2, 0) is 0 Å². The van der Waals surface area contributed by atoms with Crippen LogP contribution in [0.5, 0.6) is 0 Å². The van der Waals surface area contributed by atoms with E-state index in [-0.39, 0.29) is 0 Å². The van der Waals surface area contributed by atoms with Crippen LogP contribution in [0.25, 0.3) is 0 Å². The van der Waals surface area contributed by atoms with E-state index in [9.17, 15) is 0 Å². The predicted octanol–water partition coefficient (Wildman–Crippen LogP) is 20.6. The van der Waals surface area contributed by atoms with E-state index in [2.05, 4.69) is 52.3 Å². The molecule has 0 N–H and O–H groups in total. The third-order valence-electron chi connectivity index (χ3n) is 20.6. The molecule has 0 aliphatic heterocycles. The van der Waals surface area contributed by atoms with Crippen molar-refractivity contribution in [2.45, 2.75) is 304 Å². The summed E-state index contributed by atoms with van der Waals surface area (Å²) in [6.07, 6.45) is 57.1. The van der Waals surface area contributed by atoms with Gasteiger partial charge in [-0.25, -0.2) is 0 Å². The van der Waals surface area contributed by atoms with Crippen LogP contribution in [0.3, 0.4) is 0 Å². The van der Waals surface area contributed by atoms with Gasteiger partial charge >= 0.3 is 0 Å². The first-order valence-corrected chi connectivity index (χ1v) is 32.8. The van der Waals surface area contributed by atoms with E-state index >= 15 is 0 Å². The largest absolute Gasteiger partial charge is 0.0546 e. The summed E-state index contributed by atoms with van der Waals surface area (Å²) in [5.74, 6) is 5.81. The molecule has 0 bridgehead atoms. The molecular weight excluding hydrogens is 904 g/mol. The summed E-state index contributed by atoms with van der Waals surface area (Å²) in [7, 11) is -0.812. The Hall–Kier alpha value is -1.43. The lowest BCUT2D eigenvalue weighted by molar-refractivity contribution is 0.429. The van der Waals surface area contributed by atoms with Crippen molar-refractivity contribution in [3.8, 4) is 0 Å². The van der Waals surface area contributed by atoms with Crippen molar-refractivity contribution in [1.29, 1.82) is 0 Å². The minimum Gasteiger partial charge on any atom is -0.0546 e.